The number of hydrogen-bond acceptors (Lipinski definition) is 4. The summed E-state index contributed by atoms with van der Waals surface area (Å²) < 4.78 is 9.40. The molecule has 2 amide bonds. The molecule has 2 aliphatic heterocycles. The SMILES string of the molecule is Cn1cc(C[C@H](NC(=O)OC(C)(C)C)C(=O)N2CC3CC(C2)c2cccc(=O)n2C3)c2ccccc21. The third-order valence-corrected chi connectivity index (χ3v) is 7.18. The van der Waals surface area contributed by atoms with Gasteiger partial charge in [-0.2, -0.15) is 0 Å². The first-order valence-electron chi connectivity index (χ1n) is 12.6. The maximum absolute atomic E-state index is 13.9. The number of nitrogens with zero attached hydrogens (tertiary/aromatic N) is 3. The number of aryl methyl sites for hydroxylation is 1. The number of carbonyl (C=O) groups is 2. The lowest BCUT2D eigenvalue weighted by atomic mass is 9.83. The molecule has 2 aliphatic rings. The first kappa shape index (κ1) is 24.2. The van der Waals surface area contributed by atoms with Crippen molar-refractivity contribution in [2.24, 2.45) is 13.0 Å². The summed E-state index contributed by atoms with van der Waals surface area (Å²) in [7, 11) is 1.98. The predicted octanol–water partition coefficient (Wildman–Crippen LogP) is 3.42. The molecule has 2 bridgehead atoms. The van der Waals surface area contributed by atoms with Crippen LogP contribution in [0.25, 0.3) is 10.9 Å². The third kappa shape index (κ3) is 4.76. The van der Waals surface area contributed by atoms with Gasteiger partial charge in [-0.15, -0.1) is 0 Å². The van der Waals surface area contributed by atoms with Gasteiger partial charge in [0.15, 0.2) is 0 Å². The molecule has 2 unspecified atom stereocenters. The van der Waals surface area contributed by atoms with Crippen LogP contribution in [0.1, 0.15) is 44.4 Å². The Balaban J connectivity index is 1.42. The van der Waals surface area contributed by atoms with Crippen molar-refractivity contribution in [3.05, 3.63) is 70.3 Å². The Morgan fingerprint density at radius 1 is 1.08 bits per heavy atom. The lowest BCUT2D eigenvalue weighted by Crippen LogP contribution is -2.55. The highest BCUT2D eigenvalue weighted by molar-refractivity contribution is 5.89. The lowest BCUT2D eigenvalue weighted by Gasteiger charge is -2.43. The summed E-state index contributed by atoms with van der Waals surface area (Å²) in [5.41, 5.74) is 2.41. The molecule has 1 aromatic carbocycles. The molecular weight excluding hydrogens is 456 g/mol. The van der Waals surface area contributed by atoms with Crippen LogP contribution in [0.5, 0.6) is 0 Å². The Morgan fingerprint density at radius 2 is 1.86 bits per heavy atom. The van der Waals surface area contributed by atoms with Crippen molar-refractivity contribution in [2.75, 3.05) is 13.1 Å². The van der Waals surface area contributed by atoms with Gasteiger partial charge in [0.05, 0.1) is 0 Å². The number of benzene rings is 1. The van der Waals surface area contributed by atoms with Crippen molar-refractivity contribution in [3.8, 4) is 0 Å². The first-order valence-corrected chi connectivity index (χ1v) is 12.6. The number of ether oxygens (including phenoxy) is 1. The number of pyridine rings is 1. The fraction of sp³-hybridized carbons (Fsp3) is 0.464. The number of para-hydroxylation sites is 1. The van der Waals surface area contributed by atoms with Crippen molar-refractivity contribution >= 4 is 22.9 Å². The number of amides is 2. The largest absolute Gasteiger partial charge is 0.444 e. The number of hydrogen-bond donors (Lipinski definition) is 1. The smallest absolute Gasteiger partial charge is 0.408 e. The molecule has 0 aliphatic carbocycles. The van der Waals surface area contributed by atoms with Gasteiger partial charge in [-0.25, -0.2) is 4.79 Å². The average molecular weight is 491 g/mol. The van der Waals surface area contributed by atoms with E-state index in [1.807, 2.05) is 57.6 Å². The van der Waals surface area contributed by atoms with Gasteiger partial charge in [0, 0.05) is 67.9 Å². The molecule has 0 saturated carbocycles. The summed E-state index contributed by atoms with van der Waals surface area (Å²) in [6.07, 6.45) is 2.74. The van der Waals surface area contributed by atoms with Crippen LogP contribution in [0.3, 0.4) is 0 Å². The Morgan fingerprint density at radius 3 is 2.64 bits per heavy atom. The fourth-order valence-corrected chi connectivity index (χ4v) is 5.75. The van der Waals surface area contributed by atoms with E-state index in [1.54, 1.807) is 32.9 Å². The van der Waals surface area contributed by atoms with E-state index in [-0.39, 0.29) is 23.3 Å². The second kappa shape index (κ2) is 9.15. The van der Waals surface area contributed by atoms with Gasteiger partial charge in [-0.05, 0) is 50.8 Å². The second-order valence-electron chi connectivity index (χ2n) is 11.1. The van der Waals surface area contributed by atoms with Gasteiger partial charge in [0.1, 0.15) is 11.6 Å². The van der Waals surface area contributed by atoms with Gasteiger partial charge in [0.2, 0.25) is 5.91 Å². The topological polar surface area (TPSA) is 85.6 Å². The molecule has 8 heteroatoms. The van der Waals surface area contributed by atoms with Crippen LogP contribution in [0.2, 0.25) is 0 Å². The van der Waals surface area contributed by atoms with Crippen LogP contribution in [-0.2, 0) is 29.5 Å². The summed E-state index contributed by atoms with van der Waals surface area (Å²) in [6, 6.07) is 12.7. The number of carbonyl (C=O) groups excluding carboxylic acids is 2. The zero-order valence-electron chi connectivity index (χ0n) is 21.4. The maximum atomic E-state index is 13.9. The minimum atomic E-state index is -0.762. The summed E-state index contributed by atoms with van der Waals surface area (Å²) >= 11 is 0. The van der Waals surface area contributed by atoms with Crippen LogP contribution in [0, 0.1) is 5.92 Å². The highest BCUT2D eigenvalue weighted by Crippen LogP contribution is 2.35. The Labute approximate surface area is 210 Å². The number of alkyl carbamates (subject to hydrolysis) is 1. The standard InChI is InChI=1S/C28H34N4O4/c1-28(2,3)36-27(35)29-22(13-19-16-30(4)24-9-6-5-8-21(19)24)26(34)31-14-18-12-20(17-31)23-10-7-11-25(33)32(23)15-18/h5-11,16,18,20,22H,12-15,17H2,1-4H3,(H,29,35)/t18?,20?,22-/m0/s1. The molecule has 0 spiro atoms. The molecular formula is C28H34N4O4. The van der Waals surface area contributed by atoms with E-state index in [0.717, 1.165) is 28.6 Å². The monoisotopic (exact) mass is 490 g/mol. The molecule has 1 fully saturated rings. The lowest BCUT2D eigenvalue weighted by molar-refractivity contribution is -0.136. The molecule has 1 N–H and O–H groups in total. The Bertz CT molecular complexity index is 1370. The van der Waals surface area contributed by atoms with E-state index in [9.17, 15) is 14.4 Å². The van der Waals surface area contributed by atoms with Gasteiger partial charge in [0.25, 0.3) is 5.56 Å². The Hall–Kier alpha value is -3.55. The minimum absolute atomic E-state index is 0.0161. The van der Waals surface area contributed by atoms with Gasteiger partial charge >= 0.3 is 6.09 Å². The van der Waals surface area contributed by atoms with E-state index in [2.05, 4.69) is 5.32 Å². The molecule has 36 heavy (non-hydrogen) atoms. The van der Waals surface area contributed by atoms with E-state index in [0.29, 0.717) is 26.1 Å². The highest BCUT2D eigenvalue weighted by atomic mass is 16.6. The van der Waals surface area contributed by atoms with Crippen LogP contribution in [-0.4, -0.2) is 50.8 Å². The second-order valence-corrected chi connectivity index (χ2v) is 11.1. The molecule has 4 heterocycles. The van der Waals surface area contributed by atoms with Crippen LogP contribution in [0.4, 0.5) is 4.79 Å². The van der Waals surface area contributed by atoms with Crippen molar-refractivity contribution in [3.63, 3.8) is 0 Å². The van der Waals surface area contributed by atoms with E-state index < -0.39 is 17.7 Å². The van der Waals surface area contributed by atoms with Crippen LogP contribution < -0.4 is 10.9 Å². The quantitative estimate of drug-likeness (QED) is 0.607. The number of aromatic nitrogens is 2. The fourth-order valence-electron chi connectivity index (χ4n) is 5.75. The number of nitrogens with one attached hydrogen (secondary N) is 1. The molecule has 0 radical (unpaired) electrons. The molecule has 8 nitrogen and oxygen atoms in total. The van der Waals surface area contributed by atoms with Crippen molar-refractivity contribution in [2.45, 2.75) is 57.7 Å². The summed E-state index contributed by atoms with van der Waals surface area (Å²) in [4.78, 5) is 41.0. The highest BCUT2D eigenvalue weighted by Gasteiger charge is 2.39. The summed E-state index contributed by atoms with van der Waals surface area (Å²) in [5, 5.41) is 3.93. The third-order valence-electron chi connectivity index (χ3n) is 7.18. The molecule has 5 rings (SSSR count). The molecule has 3 atom stereocenters. The number of piperidine rings is 1. The van der Waals surface area contributed by atoms with Gasteiger partial charge in [-0.1, -0.05) is 24.3 Å². The first-order chi connectivity index (χ1) is 17.1. The van der Waals surface area contributed by atoms with Crippen molar-refractivity contribution in [1.82, 2.24) is 19.4 Å². The number of likely N-dealkylation sites (tertiary alicyclic amines) is 1. The normalized spacial score (nSPS) is 20.1. The van der Waals surface area contributed by atoms with E-state index in [4.69, 9.17) is 4.74 Å². The maximum Gasteiger partial charge on any atom is 0.408 e. The molecule has 1 saturated heterocycles. The number of rotatable bonds is 4. The van der Waals surface area contributed by atoms with E-state index >= 15 is 0 Å². The number of fused-ring (bicyclic) bond motifs is 5. The minimum Gasteiger partial charge on any atom is -0.444 e. The van der Waals surface area contributed by atoms with Crippen molar-refractivity contribution in [1.29, 1.82) is 0 Å². The van der Waals surface area contributed by atoms with Gasteiger partial charge < -0.3 is 24.1 Å². The zero-order chi connectivity index (χ0) is 25.6. The molecule has 2 aromatic heterocycles. The zero-order valence-corrected chi connectivity index (χ0v) is 21.4. The Kier molecular flexibility index (Phi) is 6.14. The average Bonchev–Trinajstić information content (AvgIpc) is 3.13. The molecule has 190 valence electrons. The van der Waals surface area contributed by atoms with E-state index in [1.165, 1.54) is 0 Å². The van der Waals surface area contributed by atoms with Crippen LogP contribution >= 0.6 is 0 Å². The van der Waals surface area contributed by atoms with Crippen LogP contribution in [0.15, 0.2) is 53.5 Å². The van der Waals surface area contributed by atoms with Gasteiger partial charge in [-0.3, -0.25) is 9.59 Å². The molecule has 3 aromatic rings. The summed E-state index contributed by atoms with van der Waals surface area (Å²) in [5.74, 6) is 0.199. The van der Waals surface area contributed by atoms with Crippen molar-refractivity contribution < 1.29 is 14.3 Å². The summed E-state index contributed by atoms with van der Waals surface area (Å²) in [6.45, 7) is 7.12. The predicted molar refractivity (Wildman–Crippen MR) is 138 cm³/mol.